The molecule has 1 aromatic heterocycles. The van der Waals surface area contributed by atoms with E-state index in [2.05, 4.69) is 29.5 Å². The van der Waals surface area contributed by atoms with Crippen LogP contribution in [0.2, 0.25) is 0 Å². The SMILES string of the molecule is COc1ccc(C(C(=O)NCCC(C)C)N(C(=O)Cn2nnc3ccccc32)c2ccc(F)cc2)c(OC)c1. The van der Waals surface area contributed by atoms with E-state index in [0.717, 1.165) is 6.42 Å². The van der Waals surface area contributed by atoms with Gasteiger partial charge in [-0.15, -0.1) is 5.10 Å². The first-order valence-electron chi connectivity index (χ1n) is 12.7. The van der Waals surface area contributed by atoms with Crippen LogP contribution < -0.4 is 19.7 Å². The number of amides is 2. The van der Waals surface area contributed by atoms with Crippen molar-refractivity contribution in [3.05, 3.63) is 78.1 Å². The van der Waals surface area contributed by atoms with Crippen LogP contribution in [-0.4, -0.2) is 47.6 Å². The van der Waals surface area contributed by atoms with Crippen LogP contribution in [-0.2, 0) is 16.1 Å². The molecular weight excluding hydrogens is 501 g/mol. The molecule has 1 N–H and O–H groups in total. The van der Waals surface area contributed by atoms with Gasteiger partial charge in [-0.3, -0.25) is 14.5 Å². The van der Waals surface area contributed by atoms with Gasteiger partial charge in [-0.05, 0) is 60.9 Å². The van der Waals surface area contributed by atoms with Crippen LogP contribution in [0.15, 0.2) is 66.7 Å². The lowest BCUT2D eigenvalue weighted by atomic mass is 10.0. The topological polar surface area (TPSA) is 98.6 Å². The zero-order valence-corrected chi connectivity index (χ0v) is 22.4. The van der Waals surface area contributed by atoms with Gasteiger partial charge in [0.05, 0.1) is 19.7 Å². The average Bonchev–Trinajstić information content (AvgIpc) is 3.34. The Morgan fingerprint density at radius 2 is 1.77 bits per heavy atom. The Bertz CT molecular complexity index is 1440. The van der Waals surface area contributed by atoms with Crippen molar-refractivity contribution in [2.75, 3.05) is 25.7 Å². The number of hydrogen-bond acceptors (Lipinski definition) is 6. The number of benzene rings is 3. The maximum Gasteiger partial charge on any atom is 0.249 e. The molecule has 0 radical (unpaired) electrons. The van der Waals surface area contributed by atoms with Gasteiger partial charge in [0, 0.05) is 23.9 Å². The molecule has 1 unspecified atom stereocenters. The second-order valence-electron chi connectivity index (χ2n) is 9.46. The van der Waals surface area contributed by atoms with Gasteiger partial charge in [-0.25, -0.2) is 9.07 Å². The van der Waals surface area contributed by atoms with E-state index in [1.54, 1.807) is 24.3 Å². The zero-order chi connectivity index (χ0) is 27.9. The monoisotopic (exact) mass is 533 g/mol. The van der Waals surface area contributed by atoms with Crippen molar-refractivity contribution in [3.63, 3.8) is 0 Å². The molecule has 4 aromatic rings. The van der Waals surface area contributed by atoms with Gasteiger partial charge in [-0.2, -0.15) is 0 Å². The lowest BCUT2D eigenvalue weighted by molar-refractivity contribution is -0.127. The Balaban J connectivity index is 1.82. The summed E-state index contributed by atoms with van der Waals surface area (Å²) in [6.45, 7) is 4.34. The van der Waals surface area contributed by atoms with E-state index in [1.807, 2.05) is 18.2 Å². The quantitative estimate of drug-likeness (QED) is 0.304. The number of fused-ring (bicyclic) bond motifs is 1. The van der Waals surface area contributed by atoms with Crippen LogP contribution in [0.25, 0.3) is 11.0 Å². The van der Waals surface area contributed by atoms with E-state index in [-0.39, 0.29) is 6.54 Å². The Kier molecular flexibility index (Phi) is 8.75. The number of para-hydroxylation sites is 1. The zero-order valence-electron chi connectivity index (χ0n) is 22.4. The minimum Gasteiger partial charge on any atom is -0.497 e. The molecule has 204 valence electrons. The van der Waals surface area contributed by atoms with E-state index >= 15 is 0 Å². The highest BCUT2D eigenvalue weighted by Gasteiger charge is 2.35. The number of halogens is 1. The lowest BCUT2D eigenvalue weighted by Crippen LogP contribution is -2.45. The predicted molar refractivity (Wildman–Crippen MR) is 146 cm³/mol. The fourth-order valence-electron chi connectivity index (χ4n) is 4.30. The highest BCUT2D eigenvalue weighted by atomic mass is 19.1. The van der Waals surface area contributed by atoms with Gasteiger partial charge in [-0.1, -0.05) is 31.2 Å². The number of rotatable bonds is 11. The molecule has 1 heterocycles. The number of nitrogens with one attached hydrogen (secondary N) is 1. The predicted octanol–water partition coefficient (Wildman–Crippen LogP) is 4.52. The average molecular weight is 534 g/mol. The molecular formula is C29H32FN5O4. The van der Waals surface area contributed by atoms with Crippen LogP contribution >= 0.6 is 0 Å². The fraction of sp³-hybridized carbons (Fsp3) is 0.310. The molecule has 3 aromatic carbocycles. The second-order valence-corrected chi connectivity index (χ2v) is 9.46. The van der Waals surface area contributed by atoms with E-state index in [4.69, 9.17) is 9.47 Å². The van der Waals surface area contributed by atoms with Crippen molar-refractivity contribution in [1.29, 1.82) is 0 Å². The molecule has 0 aliphatic heterocycles. The van der Waals surface area contributed by atoms with Gasteiger partial charge in [0.1, 0.15) is 35.4 Å². The van der Waals surface area contributed by atoms with Crippen molar-refractivity contribution >= 4 is 28.5 Å². The highest BCUT2D eigenvalue weighted by Crippen LogP contribution is 2.36. The first kappa shape index (κ1) is 27.6. The Hall–Kier alpha value is -4.47. The van der Waals surface area contributed by atoms with Crippen molar-refractivity contribution in [2.24, 2.45) is 5.92 Å². The van der Waals surface area contributed by atoms with E-state index in [1.165, 1.54) is 48.1 Å². The van der Waals surface area contributed by atoms with Gasteiger partial charge in [0.2, 0.25) is 11.8 Å². The lowest BCUT2D eigenvalue weighted by Gasteiger charge is -2.32. The van der Waals surface area contributed by atoms with Crippen molar-refractivity contribution in [2.45, 2.75) is 32.9 Å². The maximum atomic E-state index is 14.1. The molecule has 0 aliphatic rings. The molecule has 10 heteroatoms. The standard InChI is InChI=1S/C29H32FN5O4/c1-19(2)15-16-31-29(37)28(23-14-13-22(38-3)17-26(23)39-4)35(21-11-9-20(30)10-12-21)27(36)18-34-25-8-6-5-7-24(25)32-33-34/h5-14,17,19,28H,15-16,18H2,1-4H3,(H,31,37). The molecule has 2 amide bonds. The van der Waals surface area contributed by atoms with Crippen molar-refractivity contribution in [3.8, 4) is 11.5 Å². The molecule has 0 spiro atoms. The van der Waals surface area contributed by atoms with Gasteiger partial charge >= 0.3 is 0 Å². The Labute approximate surface area is 226 Å². The summed E-state index contributed by atoms with van der Waals surface area (Å²) in [5.74, 6) is -0.0461. The minimum absolute atomic E-state index is 0.202. The number of methoxy groups -OCH3 is 2. The Morgan fingerprint density at radius 1 is 1.03 bits per heavy atom. The third-order valence-corrected chi connectivity index (χ3v) is 6.34. The number of anilines is 1. The maximum absolute atomic E-state index is 14.1. The largest absolute Gasteiger partial charge is 0.497 e. The van der Waals surface area contributed by atoms with Crippen LogP contribution in [0, 0.1) is 11.7 Å². The minimum atomic E-state index is -1.13. The summed E-state index contributed by atoms with van der Waals surface area (Å²) < 4.78 is 26.4. The first-order valence-corrected chi connectivity index (χ1v) is 12.7. The molecule has 0 fully saturated rings. The van der Waals surface area contributed by atoms with E-state index < -0.39 is 23.7 Å². The summed E-state index contributed by atoms with van der Waals surface area (Å²) in [5, 5.41) is 11.3. The number of carbonyl (C=O) groups is 2. The molecule has 4 rings (SSSR count). The molecule has 0 aliphatic carbocycles. The number of nitrogens with zero attached hydrogens (tertiary/aromatic N) is 4. The smallest absolute Gasteiger partial charge is 0.249 e. The molecule has 39 heavy (non-hydrogen) atoms. The molecule has 0 saturated heterocycles. The van der Waals surface area contributed by atoms with Crippen molar-refractivity contribution in [1.82, 2.24) is 20.3 Å². The third-order valence-electron chi connectivity index (χ3n) is 6.34. The van der Waals surface area contributed by atoms with Crippen LogP contribution in [0.3, 0.4) is 0 Å². The van der Waals surface area contributed by atoms with Crippen molar-refractivity contribution < 1.29 is 23.5 Å². The van der Waals surface area contributed by atoms with Gasteiger partial charge < -0.3 is 14.8 Å². The summed E-state index contributed by atoms with van der Waals surface area (Å²) in [4.78, 5) is 29.3. The summed E-state index contributed by atoms with van der Waals surface area (Å²) in [6.07, 6.45) is 0.758. The molecule has 9 nitrogen and oxygen atoms in total. The molecule has 1 atom stereocenters. The van der Waals surface area contributed by atoms with Crippen LogP contribution in [0.1, 0.15) is 31.9 Å². The molecule has 0 saturated carbocycles. The number of carbonyl (C=O) groups excluding carboxylic acids is 2. The Morgan fingerprint density at radius 3 is 2.46 bits per heavy atom. The first-order chi connectivity index (χ1) is 18.8. The van der Waals surface area contributed by atoms with Gasteiger partial charge in [0.15, 0.2) is 0 Å². The van der Waals surface area contributed by atoms with E-state index in [9.17, 15) is 14.0 Å². The summed E-state index contributed by atoms with van der Waals surface area (Å²) in [7, 11) is 3.01. The number of ether oxygens (including phenoxy) is 2. The second kappa shape index (κ2) is 12.4. The summed E-state index contributed by atoms with van der Waals surface area (Å²) >= 11 is 0. The van der Waals surface area contributed by atoms with E-state index in [0.29, 0.717) is 46.2 Å². The summed E-state index contributed by atoms with van der Waals surface area (Å²) in [6, 6.07) is 16.6. The third kappa shape index (κ3) is 6.34. The van der Waals surface area contributed by atoms with Gasteiger partial charge in [0.25, 0.3) is 0 Å². The summed E-state index contributed by atoms with van der Waals surface area (Å²) in [5.41, 5.74) is 2.09. The highest BCUT2D eigenvalue weighted by molar-refractivity contribution is 6.02. The normalized spacial score (nSPS) is 11.8. The number of hydrogen-bond donors (Lipinski definition) is 1. The van der Waals surface area contributed by atoms with Crippen LogP contribution in [0.5, 0.6) is 11.5 Å². The number of aromatic nitrogens is 3. The van der Waals surface area contributed by atoms with Crippen LogP contribution in [0.4, 0.5) is 10.1 Å². The fourth-order valence-corrected chi connectivity index (χ4v) is 4.30. The molecule has 0 bridgehead atoms.